The second-order valence-electron chi connectivity index (χ2n) is 0.500. The third-order valence-electron chi connectivity index (χ3n) is 0. The van der Waals surface area contributed by atoms with Crippen molar-refractivity contribution < 1.29 is 262 Å². The molecule has 0 fully saturated rings. The van der Waals surface area contributed by atoms with E-state index in [1.807, 2.05) is 6.92 Å². The monoisotopic (exact) mass is 902 g/mol. The molecule has 0 saturated carbocycles. The van der Waals surface area contributed by atoms with Crippen LogP contribution in [0.25, 0.3) is 0 Å². The zero-order chi connectivity index (χ0) is 8.71. The summed E-state index contributed by atoms with van der Waals surface area (Å²) in [6, 6.07) is 0. The van der Waals surface area contributed by atoms with Gasteiger partial charge in [0, 0.05) is 196 Å². The first-order chi connectivity index (χ1) is 4.41. The van der Waals surface area contributed by atoms with Gasteiger partial charge >= 0.3 is 65.4 Å². The van der Waals surface area contributed by atoms with Gasteiger partial charge in [0.05, 0.1) is 0 Å². The van der Waals surface area contributed by atoms with Crippen LogP contribution in [0.2, 0.25) is 0 Å². The maximum absolute atomic E-state index is 3.49. The van der Waals surface area contributed by atoms with Crippen molar-refractivity contribution >= 4 is 0 Å². The third-order valence-corrected chi connectivity index (χ3v) is 0. The predicted octanol–water partition coefficient (Wildman–Crippen LogP) is 5.53. The van der Waals surface area contributed by atoms with Gasteiger partial charge in [-0.05, 0) is 0 Å². The second kappa shape index (κ2) is 231. The Labute approximate surface area is 343 Å². The molecule has 0 saturated heterocycles. The Balaban J connectivity index is -0.000000000961. The van der Waals surface area contributed by atoms with E-state index in [4.69, 9.17) is 0 Å². The minimum atomic E-state index is 0. The molecule has 6 radical (unpaired) electrons. The Morgan fingerprint density at radius 2 is 0.476 bits per heavy atom. The molecule has 0 spiro atoms. The Morgan fingerprint density at radius 1 is 0.476 bits per heavy atom. The summed E-state index contributed by atoms with van der Waals surface area (Å²) in [6.45, 7) is 20.5. The van der Waals surface area contributed by atoms with E-state index < -0.39 is 0 Å². The van der Waals surface area contributed by atoms with E-state index in [1.54, 1.807) is 20.8 Å². The van der Waals surface area contributed by atoms with Crippen LogP contribution in [0.4, 0.5) is 0 Å². The summed E-state index contributed by atoms with van der Waals surface area (Å²) in [6.07, 6.45) is 1.00. The van der Waals surface area contributed by atoms with E-state index in [9.17, 15) is 0 Å². The van der Waals surface area contributed by atoms with Crippen molar-refractivity contribution in [2.45, 2.75) is 34.1 Å². The minimum absolute atomic E-state index is 0. The Kier molecular flexibility index (Phi) is 1430. The van der Waals surface area contributed by atoms with E-state index in [0.29, 0.717) is 0 Å². The van der Waals surface area contributed by atoms with Crippen LogP contribution < -0.4 is 0 Å². The summed E-state index contributed by atoms with van der Waals surface area (Å²) in [5.74, 6) is 0. The maximum Gasteiger partial charge on any atom is 3.00 e. The summed E-state index contributed by atoms with van der Waals surface area (Å²) in [4.78, 5) is 0. The van der Waals surface area contributed by atoms with E-state index in [-0.39, 0.29) is 291 Å². The number of hydrogen-bond acceptors (Lipinski definition) is 0. The van der Waals surface area contributed by atoms with Crippen molar-refractivity contribution in [2.24, 2.45) is 0 Å². The van der Waals surface area contributed by atoms with Gasteiger partial charge in [-0.1, -0.05) is 6.92 Å². The molecule has 0 N–H and O–H groups in total. The molecule has 112 valence electrons. The van der Waals surface area contributed by atoms with Crippen LogP contribution in [0.3, 0.4) is 0 Å². The van der Waals surface area contributed by atoms with Crippen molar-refractivity contribution in [3.8, 4) is 0 Å². The van der Waals surface area contributed by atoms with Crippen LogP contribution in [0.5, 0.6) is 0 Å². The first-order valence-corrected chi connectivity index (χ1v) is 3.33. The van der Waals surface area contributed by atoms with Crippen LogP contribution in [0.1, 0.15) is 34.1 Å². The SMILES string of the molecule is [CH2-]C.[CH2-]C.[CH2-]C.[CH2-]CC.[CH3-].[CH3-].[CH3-].[CH3-].[Y+3].[Y+3].[Y].[Y].[Y].[Y].[Y].[Y]. The minimum Gasteiger partial charge on any atom is -0.358 e. The molecule has 0 aromatic carbocycles. The molecule has 0 aromatic rings. The summed E-state index contributed by atoms with van der Waals surface area (Å²) >= 11 is 0. The van der Waals surface area contributed by atoms with Crippen LogP contribution in [0.15, 0.2) is 0 Å². The van der Waals surface area contributed by atoms with Gasteiger partial charge in [-0.2, -0.15) is 27.2 Å². The number of rotatable bonds is 0. The van der Waals surface area contributed by atoms with Gasteiger partial charge in [0.25, 0.3) is 0 Å². The van der Waals surface area contributed by atoms with Gasteiger partial charge in [0.1, 0.15) is 0 Å². The predicted molar refractivity (Wildman–Crippen MR) is 74.4 cm³/mol. The van der Waals surface area contributed by atoms with Gasteiger partial charge in [-0.25, -0.2) is 0 Å². The maximum atomic E-state index is 3.49. The molecule has 0 bridgehead atoms. The van der Waals surface area contributed by atoms with Gasteiger partial charge in [0.2, 0.25) is 0 Å². The molecular formula is C13H34Y8-2. The molecule has 0 atom stereocenters. The molecule has 0 nitrogen and oxygen atoms in total. The van der Waals surface area contributed by atoms with Crippen LogP contribution >= 0.6 is 0 Å². The Morgan fingerprint density at radius 3 is 0.476 bits per heavy atom. The van der Waals surface area contributed by atoms with Crippen LogP contribution in [-0.4, -0.2) is 0 Å². The molecule has 0 aliphatic carbocycles. The summed E-state index contributed by atoms with van der Waals surface area (Å²) in [7, 11) is 0. The average molecular weight is 902 g/mol. The van der Waals surface area contributed by atoms with Crippen LogP contribution in [0, 0.1) is 57.4 Å². The van der Waals surface area contributed by atoms with Gasteiger partial charge in [0.15, 0.2) is 0 Å². The molecular weight excluding hydrogens is 867 g/mol. The first-order valence-electron chi connectivity index (χ1n) is 3.33. The topological polar surface area (TPSA) is 0 Å². The molecule has 0 heterocycles. The van der Waals surface area contributed by atoms with Crippen molar-refractivity contribution in [1.82, 2.24) is 0 Å². The molecule has 0 unspecified atom stereocenters. The summed E-state index contributed by atoms with van der Waals surface area (Å²) < 4.78 is 0. The standard InChI is InChI=1S/C3H7.3C2H5.4CH3.8Y/c1-3-2;3*1-2;;;;;;;;;;;;/h1,3H2,2H3;3*1H2,2H3;4*1H3;;;;;;;;/q8*-1;;;;;;;2*+3. The van der Waals surface area contributed by atoms with E-state index in [2.05, 4.69) is 27.7 Å². The van der Waals surface area contributed by atoms with E-state index >= 15 is 0 Å². The van der Waals surface area contributed by atoms with Crippen molar-refractivity contribution in [3.05, 3.63) is 57.4 Å². The molecule has 21 heavy (non-hydrogen) atoms. The molecule has 0 aromatic heterocycles. The Bertz CT molecular complexity index is 20.1. The van der Waals surface area contributed by atoms with E-state index in [0.717, 1.165) is 6.42 Å². The largest absolute Gasteiger partial charge is 3.00 e. The molecule has 0 amide bonds. The zero-order valence-electron chi connectivity index (χ0n) is 16.2. The smallest absolute Gasteiger partial charge is 0.358 e. The molecule has 0 aliphatic heterocycles. The van der Waals surface area contributed by atoms with Gasteiger partial charge in [-0.3, -0.25) is 0 Å². The van der Waals surface area contributed by atoms with Crippen molar-refractivity contribution in [3.63, 3.8) is 0 Å². The normalized spacial score (nSPS) is 1.71. The van der Waals surface area contributed by atoms with Gasteiger partial charge in [-0.15, -0.1) is 0 Å². The fourth-order valence-corrected chi connectivity index (χ4v) is 0. The quantitative estimate of drug-likeness (QED) is 0.281. The fourth-order valence-electron chi connectivity index (χ4n) is 0. The zero-order valence-corrected chi connectivity index (χ0v) is 38.9. The Hall–Kier alpha value is 8.83. The number of hydrogen-bond donors (Lipinski definition) is 0. The van der Waals surface area contributed by atoms with E-state index in [1.165, 1.54) is 0 Å². The molecule has 0 aliphatic rings. The summed E-state index contributed by atoms with van der Waals surface area (Å²) in [5, 5.41) is 0. The second-order valence-corrected chi connectivity index (χ2v) is 0.500. The molecule has 0 rings (SSSR count). The summed E-state index contributed by atoms with van der Waals surface area (Å²) in [5.41, 5.74) is 0. The average Bonchev–Trinajstić information content (AvgIpc) is 2.01. The van der Waals surface area contributed by atoms with Crippen molar-refractivity contribution in [2.75, 3.05) is 0 Å². The van der Waals surface area contributed by atoms with Gasteiger partial charge < -0.3 is 57.4 Å². The first kappa shape index (κ1) is 130. The third kappa shape index (κ3) is 266. The van der Waals surface area contributed by atoms with Crippen molar-refractivity contribution in [1.29, 1.82) is 0 Å². The van der Waals surface area contributed by atoms with Crippen LogP contribution in [-0.2, 0) is 262 Å². The fraction of sp³-hybridized carbons (Fsp3) is 0.385. The molecule has 8 heteroatoms.